The number of nitrogens with zero attached hydrogens (tertiary/aromatic N) is 3. The number of hydrogen-bond donors (Lipinski definition) is 2. The Morgan fingerprint density at radius 1 is 1.00 bits per heavy atom. The summed E-state index contributed by atoms with van der Waals surface area (Å²) in [7, 11) is 6.74. The van der Waals surface area contributed by atoms with Crippen molar-refractivity contribution in [1.29, 1.82) is 0 Å². The van der Waals surface area contributed by atoms with Crippen molar-refractivity contribution in [3.63, 3.8) is 0 Å². The molecule has 1 aromatic rings. The largest absolute Gasteiger partial charge is 0.467 e. The Bertz CT molecular complexity index is 1120. The molecule has 0 aliphatic carbocycles. The Morgan fingerprint density at radius 3 is 2.14 bits per heavy atom. The van der Waals surface area contributed by atoms with Crippen LogP contribution < -0.4 is 10.6 Å². The Hall–Kier alpha value is -2.98. The van der Waals surface area contributed by atoms with E-state index >= 15 is 0 Å². The lowest BCUT2D eigenvalue weighted by Crippen LogP contribution is -2.62. The molecule has 3 amide bonds. The quantitative estimate of drug-likeness (QED) is 0.328. The highest BCUT2D eigenvalue weighted by atomic mass is 16.5. The molecule has 1 saturated heterocycles. The van der Waals surface area contributed by atoms with Crippen LogP contribution >= 0.6 is 0 Å². The number of amides is 3. The number of esters is 1. The number of rotatable bonds is 13. The van der Waals surface area contributed by atoms with Crippen molar-refractivity contribution in [3.8, 4) is 0 Å². The molecule has 4 atom stereocenters. The maximum atomic E-state index is 14.1. The lowest BCUT2D eigenvalue weighted by atomic mass is 9.76. The Balaban J connectivity index is 2.21. The third-order valence-corrected chi connectivity index (χ3v) is 9.00. The first-order chi connectivity index (χ1) is 20.5. The molecule has 1 fully saturated rings. The van der Waals surface area contributed by atoms with Crippen molar-refractivity contribution in [2.45, 2.75) is 97.3 Å². The van der Waals surface area contributed by atoms with Gasteiger partial charge in [0.05, 0.1) is 19.7 Å². The molecule has 0 saturated carbocycles. The van der Waals surface area contributed by atoms with Gasteiger partial charge < -0.3 is 25.2 Å². The third kappa shape index (κ3) is 9.27. The minimum absolute atomic E-state index is 0.0812. The van der Waals surface area contributed by atoms with Gasteiger partial charge in [-0.1, -0.05) is 78.8 Å². The van der Waals surface area contributed by atoms with Gasteiger partial charge in [0.1, 0.15) is 12.1 Å². The predicted molar refractivity (Wildman–Crippen MR) is 174 cm³/mol. The van der Waals surface area contributed by atoms with Gasteiger partial charge in [-0.15, -0.1) is 0 Å². The van der Waals surface area contributed by atoms with E-state index in [9.17, 15) is 19.2 Å². The minimum atomic E-state index is -0.773. The molecule has 1 aromatic carbocycles. The van der Waals surface area contributed by atoms with Crippen LogP contribution in [0.25, 0.3) is 0 Å². The molecular weight excluding hydrogens is 558 g/mol. The van der Waals surface area contributed by atoms with Crippen LogP contribution in [-0.2, 0) is 29.3 Å². The van der Waals surface area contributed by atoms with Crippen LogP contribution in [0, 0.1) is 11.3 Å². The number of piperidine rings is 1. The first-order valence-electron chi connectivity index (χ1n) is 15.8. The number of likely N-dealkylation sites (N-methyl/N-ethyl adjacent to an activating group) is 3. The molecule has 2 N–H and O–H groups in total. The van der Waals surface area contributed by atoms with Gasteiger partial charge in [-0.3, -0.25) is 19.3 Å². The van der Waals surface area contributed by atoms with E-state index in [0.717, 1.165) is 18.4 Å². The number of carbonyl (C=O) groups excluding carboxylic acids is 4. The van der Waals surface area contributed by atoms with Gasteiger partial charge in [-0.25, -0.2) is 4.79 Å². The van der Waals surface area contributed by atoms with Crippen LogP contribution in [-0.4, -0.2) is 110 Å². The highest BCUT2D eigenvalue weighted by Crippen LogP contribution is 2.29. The molecule has 0 spiro atoms. The van der Waals surface area contributed by atoms with Crippen LogP contribution in [0.1, 0.15) is 73.3 Å². The second-order valence-electron chi connectivity index (χ2n) is 14.2. The fourth-order valence-electron chi connectivity index (χ4n) is 6.19. The number of benzene rings is 1. The molecule has 10 nitrogen and oxygen atoms in total. The fraction of sp³-hybridized carbons (Fsp3) is 0.706. The fourth-order valence-corrected chi connectivity index (χ4v) is 6.19. The molecule has 1 heterocycles. The summed E-state index contributed by atoms with van der Waals surface area (Å²) in [4.78, 5) is 58.8. The van der Waals surface area contributed by atoms with E-state index in [1.165, 1.54) is 7.11 Å². The smallest absolute Gasteiger partial charge is 0.328 e. The average Bonchev–Trinajstić information content (AvgIpc) is 2.97. The summed E-state index contributed by atoms with van der Waals surface area (Å²) in [5.41, 5.74) is -0.0734. The maximum absolute atomic E-state index is 14.1. The zero-order valence-electron chi connectivity index (χ0n) is 28.9. The summed E-state index contributed by atoms with van der Waals surface area (Å²) in [6.07, 6.45) is 2.34. The third-order valence-electron chi connectivity index (χ3n) is 9.00. The van der Waals surface area contributed by atoms with Gasteiger partial charge in [0.2, 0.25) is 17.7 Å². The monoisotopic (exact) mass is 615 g/mol. The highest BCUT2D eigenvalue weighted by Gasteiger charge is 2.42. The number of likely N-dealkylation sites (tertiary alicyclic amines) is 1. The lowest BCUT2D eigenvalue weighted by molar-refractivity contribution is -0.155. The van der Waals surface area contributed by atoms with E-state index in [0.29, 0.717) is 19.5 Å². The minimum Gasteiger partial charge on any atom is -0.467 e. The first kappa shape index (κ1) is 37.2. The Morgan fingerprint density at radius 2 is 1.61 bits per heavy atom. The summed E-state index contributed by atoms with van der Waals surface area (Å²) in [5, 5.41) is 6.28. The molecule has 1 aliphatic heterocycles. The first-order valence-corrected chi connectivity index (χ1v) is 15.8. The van der Waals surface area contributed by atoms with Crippen molar-refractivity contribution in [2.24, 2.45) is 11.3 Å². The van der Waals surface area contributed by atoms with E-state index in [4.69, 9.17) is 4.74 Å². The van der Waals surface area contributed by atoms with Crippen molar-refractivity contribution in [3.05, 3.63) is 35.9 Å². The predicted octanol–water partition coefficient (Wildman–Crippen LogP) is 3.05. The van der Waals surface area contributed by atoms with E-state index in [1.54, 1.807) is 23.9 Å². The lowest BCUT2D eigenvalue weighted by Gasteiger charge is -2.41. The second kappa shape index (κ2) is 15.8. The second-order valence-corrected chi connectivity index (χ2v) is 14.2. The molecule has 0 aromatic heterocycles. The molecule has 44 heavy (non-hydrogen) atoms. The number of ether oxygens (including phenoxy) is 1. The maximum Gasteiger partial charge on any atom is 0.328 e. The van der Waals surface area contributed by atoms with E-state index in [2.05, 4.69) is 10.6 Å². The summed E-state index contributed by atoms with van der Waals surface area (Å²) in [5.74, 6) is -0.850. The van der Waals surface area contributed by atoms with Gasteiger partial charge in [0, 0.05) is 31.6 Å². The highest BCUT2D eigenvalue weighted by molar-refractivity contribution is 5.91. The zero-order valence-corrected chi connectivity index (χ0v) is 28.9. The Labute approximate surface area is 265 Å². The van der Waals surface area contributed by atoms with E-state index in [-0.39, 0.29) is 42.2 Å². The topological polar surface area (TPSA) is 111 Å². The molecule has 1 aliphatic rings. The van der Waals surface area contributed by atoms with Crippen LogP contribution in [0.4, 0.5) is 0 Å². The number of hydrogen-bond acceptors (Lipinski definition) is 7. The van der Waals surface area contributed by atoms with Gasteiger partial charge in [0.25, 0.3) is 0 Å². The van der Waals surface area contributed by atoms with E-state index in [1.807, 2.05) is 90.7 Å². The summed E-state index contributed by atoms with van der Waals surface area (Å²) in [6.45, 7) is 15.1. The number of methoxy groups -OCH3 is 1. The molecule has 0 bridgehead atoms. The van der Waals surface area contributed by atoms with Gasteiger partial charge in [0.15, 0.2) is 0 Å². The van der Waals surface area contributed by atoms with Gasteiger partial charge in [-0.05, 0) is 50.3 Å². The average molecular weight is 616 g/mol. The van der Waals surface area contributed by atoms with Crippen LogP contribution in [0.3, 0.4) is 0 Å². The number of nitrogens with one attached hydrogen (secondary N) is 2. The van der Waals surface area contributed by atoms with Gasteiger partial charge in [-0.2, -0.15) is 0 Å². The van der Waals surface area contributed by atoms with Crippen LogP contribution in [0.5, 0.6) is 0 Å². The molecule has 4 unspecified atom stereocenters. The van der Waals surface area contributed by atoms with Gasteiger partial charge >= 0.3 is 5.97 Å². The SMILES string of the molecule is CNC(C(=O)NC(C(=O)N(C)C(CN(C)CC(=O)N1CCCCC1C(=O)OC)C(C)C)C(C)(C)C)C(C)(C)c1ccccc1. The van der Waals surface area contributed by atoms with Crippen LogP contribution in [0.2, 0.25) is 0 Å². The molecular formula is C34H57N5O5. The van der Waals surface area contributed by atoms with Crippen molar-refractivity contribution < 1.29 is 23.9 Å². The van der Waals surface area contributed by atoms with Crippen molar-refractivity contribution in [2.75, 3.05) is 47.9 Å². The summed E-state index contributed by atoms with van der Waals surface area (Å²) < 4.78 is 4.94. The standard InChI is InChI=1S/C34H57N5O5/c1-23(2)26(21-37(9)22-27(40)39-20-16-15-19-25(39)32(43)44-11)38(10)31(42)29(33(3,4)5)36-30(41)28(35-8)34(6,7)24-17-13-12-14-18-24/h12-14,17-18,23,25-26,28-29,35H,15-16,19-22H2,1-11H3,(H,36,41). The zero-order chi connectivity index (χ0) is 33.4. The van der Waals surface area contributed by atoms with Crippen molar-refractivity contribution >= 4 is 23.7 Å². The Kier molecular flexibility index (Phi) is 13.4. The van der Waals surface area contributed by atoms with E-state index < -0.39 is 29.0 Å². The summed E-state index contributed by atoms with van der Waals surface area (Å²) >= 11 is 0. The molecule has 248 valence electrons. The van der Waals surface area contributed by atoms with Crippen LogP contribution in [0.15, 0.2) is 30.3 Å². The molecule has 10 heteroatoms. The summed E-state index contributed by atoms with van der Waals surface area (Å²) in [6, 6.07) is 7.76. The number of carbonyl (C=O) groups is 4. The normalized spacial score (nSPS) is 18.0. The van der Waals surface area contributed by atoms with Crippen molar-refractivity contribution in [1.82, 2.24) is 25.3 Å². The molecule has 0 radical (unpaired) electrons. The molecule has 2 rings (SSSR count).